The van der Waals surface area contributed by atoms with Gasteiger partial charge in [0.1, 0.15) is 12.7 Å². The Bertz CT molecular complexity index is 652. The van der Waals surface area contributed by atoms with E-state index < -0.39 is 0 Å². The molecular formula is C16H21N5O2. The van der Waals surface area contributed by atoms with Gasteiger partial charge in [0, 0.05) is 26.9 Å². The fourth-order valence-electron chi connectivity index (χ4n) is 2.21. The lowest BCUT2D eigenvalue weighted by molar-refractivity contribution is -0.131. The van der Waals surface area contributed by atoms with Crippen LogP contribution in [0.25, 0.3) is 5.69 Å². The second-order valence-corrected chi connectivity index (χ2v) is 5.35. The van der Waals surface area contributed by atoms with E-state index in [4.69, 9.17) is 0 Å². The Balaban J connectivity index is 1.97. The molecule has 0 aliphatic rings. The fraction of sp³-hybridized carbons (Fsp3) is 0.375. The molecule has 1 aromatic carbocycles. The third-order valence-corrected chi connectivity index (χ3v) is 3.75. The van der Waals surface area contributed by atoms with Gasteiger partial charge in [-0.3, -0.25) is 9.59 Å². The molecule has 0 aliphatic carbocycles. The molecule has 23 heavy (non-hydrogen) atoms. The Morgan fingerprint density at radius 3 is 2.57 bits per heavy atom. The highest BCUT2D eigenvalue weighted by molar-refractivity contribution is 5.78. The van der Waals surface area contributed by atoms with Gasteiger partial charge in [0.05, 0.1) is 11.7 Å². The number of aromatic nitrogens is 3. The van der Waals surface area contributed by atoms with Crippen LogP contribution in [0.2, 0.25) is 0 Å². The van der Waals surface area contributed by atoms with Crippen molar-refractivity contribution >= 4 is 11.8 Å². The maximum Gasteiger partial charge on any atom is 0.224 e. The van der Waals surface area contributed by atoms with E-state index in [1.54, 1.807) is 23.0 Å². The molecule has 0 aliphatic heterocycles. The van der Waals surface area contributed by atoms with E-state index in [0.717, 1.165) is 11.3 Å². The summed E-state index contributed by atoms with van der Waals surface area (Å²) >= 11 is 0. The molecule has 0 saturated carbocycles. The van der Waals surface area contributed by atoms with E-state index in [1.165, 1.54) is 13.3 Å². The minimum Gasteiger partial charge on any atom is -0.356 e. The van der Waals surface area contributed by atoms with Crippen molar-refractivity contribution in [2.24, 2.45) is 0 Å². The van der Waals surface area contributed by atoms with Gasteiger partial charge in [0.2, 0.25) is 11.8 Å². The molecule has 1 N–H and O–H groups in total. The summed E-state index contributed by atoms with van der Waals surface area (Å²) in [6, 6.07) is 7.77. The van der Waals surface area contributed by atoms with Crippen LogP contribution in [-0.2, 0) is 9.59 Å². The first-order chi connectivity index (χ1) is 11.0. The second kappa shape index (κ2) is 7.53. The molecule has 0 bridgehead atoms. The van der Waals surface area contributed by atoms with Crippen molar-refractivity contribution in [1.82, 2.24) is 25.0 Å². The highest BCUT2D eigenvalue weighted by atomic mass is 16.2. The normalized spacial score (nSPS) is 11.8. The van der Waals surface area contributed by atoms with Gasteiger partial charge in [-0.05, 0) is 24.6 Å². The molecule has 7 nitrogen and oxygen atoms in total. The lowest BCUT2D eigenvalue weighted by Gasteiger charge is -2.25. The summed E-state index contributed by atoms with van der Waals surface area (Å²) in [6.07, 6.45) is 3.41. The molecule has 2 aromatic rings. The number of carbonyl (C=O) groups excluding carboxylic acids is 2. The van der Waals surface area contributed by atoms with Gasteiger partial charge in [0.25, 0.3) is 0 Å². The third kappa shape index (κ3) is 4.38. The Labute approximate surface area is 135 Å². The van der Waals surface area contributed by atoms with E-state index in [2.05, 4.69) is 15.4 Å². The lowest BCUT2D eigenvalue weighted by Crippen LogP contribution is -2.33. The number of rotatable bonds is 6. The molecule has 2 amide bonds. The van der Waals surface area contributed by atoms with Gasteiger partial charge >= 0.3 is 0 Å². The van der Waals surface area contributed by atoms with E-state index in [9.17, 15) is 9.59 Å². The summed E-state index contributed by atoms with van der Waals surface area (Å²) in [7, 11) is 1.77. The molecule has 7 heteroatoms. The number of hydrogen-bond donors (Lipinski definition) is 1. The molecule has 0 radical (unpaired) electrons. The van der Waals surface area contributed by atoms with Gasteiger partial charge in [0.15, 0.2) is 0 Å². The quantitative estimate of drug-likeness (QED) is 0.871. The average Bonchev–Trinajstić information content (AvgIpc) is 3.07. The van der Waals surface area contributed by atoms with Crippen LogP contribution in [0.3, 0.4) is 0 Å². The summed E-state index contributed by atoms with van der Waals surface area (Å²) < 4.78 is 1.68. The zero-order valence-corrected chi connectivity index (χ0v) is 13.6. The van der Waals surface area contributed by atoms with Crippen LogP contribution in [0.4, 0.5) is 0 Å². The van der Waals surface area contributed by atoms with Gasteiger partial charge < -0.3 is 10.2 Å². The highest BCUT2D eigenvalue weighted by Gasteiger charge is 2.17. The smallest absolute Gasteiger partial charge is 0.224 e. The molecule has 0 spiro atoms. The molecule has 2 rings (SSSR count). The highest BCUT2D eigenvalue weighted by Crippen LogP contribution is 2.20. The molecular weight excluding hydrogens is 294 g/mol. The summed E-state index contributed by atoms with van der Waals surface area (Å²) in [6.45, 7) is 3.77. The number of carbonyl (C=O) groups is 2. The van der Waals surface area contributed by atoms with Crippen molar-refractivity contribution in [2.45, 2.75) is 26.3 Å². The van der Waals surface area contributed by atoms with Gasteiger partial charge in [-0.2, -0.15) is 5.10 Å². The minimum atomic E-state index is -0.128. The zero-order valence-electron chi connectivity index (χ0n) is 13.6. The monoisotopic (exact) mass is 315 g/mol. The van der Waals surface area contributed by atoms with Crippen molar-refractivity contribution in [3.8, 4) is 5.69 Å². The van der Waals surface area contributed by atoms with Crippen LogP contribution in [0.15, 0.2) is 36.9 Å². The van der Waals surface area contributed by atoms with Crippen LogP contribution in [0.5, 0.6) is 0 Å². The van der Waals surface area contributed by atoms with Crippen LogP contribution >= 0.6 is 0 Å². The number of benzene rings is 1. The SMILES string of the molecule is CC(=O)NCCC(=O)N(C)C(C)c1ccc(-n2cncn2)cc1. The van der Waals surface area contributed by atoms with Crippen molar-refractivity contribution in [1.29, 1.82) is 0 Å². The van der Waals surface area contributed by atoms with Gasteiger partial charge in [-0.1, -0.05) is 12.1 Å². The number of hydrogen-bond acceptors (Lipinski definition) is 4. The number of nitrogens with zero attached hydrogens (tertiary/aromatic N) is 4. The van der Waals surface area contributed by atoms with Crippen molar-refractivity contribution in [3.63, 3.8) is 0 Å². The summed E-state index contributed by atoms with van der Waals surface area (Å²) in [5.41, 5.74) is 1.95. The number of amides is 2. The van der Waals surface area contributed by atoms with E-state index in [0.29, 0.717) is 6.54 Å². The summed E-state index contributed by atoms with van der Waals surface area (Å²) in [5, 5.41) is 6.71. The summed E-state index contributed by atoms with van der Waals surface area (Å²) in [5.74, 6) is -0.135. The molecule has 1 atom stereocenters. The first-order valence-electron chi connectivity index (χ1n) is 7.44. The first kappa shape index (κ1) is 16.7. The molecule has 1 unspecified atom stereocenters. The number of nitrogens with one attached hydrogen (secondary N) is 1. The van der Waals surface area contributed by atoms with Crippen molar-refractivity contribution in [2.75, 3.05) is 13.6 Å². The molecule has 0 saturated heterocycles. The Morgan fingerprint density at radius 2 is 2.00 bits per heavy atom. The second-order valence-electron chi connectivity index (χ2n) is 5.35. The first-order valence-corrected chi connectivity index (χ1v) is 7.44. The third-order valence-electron chi connectivity index (χ3n) is 3.75. The Morgan fingerprint density at radius 1 is 1.30 bits per heavy atom. The average molecular weight is 315 g/mol. The van der Waals surface area contributed by atoms with Crippen molar-refractivity contribution in [3.05, 3.63) is 42.5 Å². The van der Waals surface area contributed by atoms with Crippen LogP contribution < -0.4 is 5.32 Å². The maximum atomic E-state index is 12.1. The standard InChI is InChI=1S/C16H21N5O2/c1-12(20(3)16(23)8-9-18-13(2)22)14-4-6-15(7-5-14)21-11-17-10-19-21/h4-7,10-12H,8-9H2,1-3H3,(H,18,22). The van der Waals surface area contributed by atoms with Gasteiger partial charge in [-0.25, -0.2) is 9.67 Å². The van der Waals surface area contributed by atoms with Crippen LogP contribution in [0.1, 0.15) is 31.9 Å². The molecule has 122 valence electrons. The van der Waals surface area contributed by atoms with E-state index in [1.807, 2.05) is 31.2 Å². The summed E-state index contributed by atoms with van der Waals surface area (Å²) in [4.78, 5) is 28.6. The van der Waals surface area contributed by atoms with E-state index in [-0.39, 0.29) is 24.3 Å². The van der Waals surface area contributed by atoms with Crippen molar-refractivity contribution < 1.29 is 9.59 Å². The molecule has 1 heterocycles. The van der Waals surface area contributed by atoms with Crippen LogP contribution in [-0.4, -0.2) is 45.1 Å². The van der Waals surface area contributed by atoms with Crippen LogP contribution in [0, 0.1) is 0 Å². The Hall–Kier alpha value is -2.70. The van der Waals surface area contributed by atoms with Gasteiger partial charge in [-0.15, -0.1) is 0 Å². The predicted molar refractivity (Wildman–Crippen MR) is 85.8 cm³/mol. The minimum absolute atomic E-state index is 0.00778. The topological polar surface area (TPSA) is 80.1 Å². The van der Waals surface area contributed by atoms with E-state index >= 15 is 0 Å². The zero-order chi connectivity index (χ0) is 16.8. The maximum absolute atomic E-state index is 12.1. The Kier molecular flexibility index (Phi) is 5.46. The predicted octanol–water partition coefficient (Wildman–Crippen LogP) is 1.31. The lowest BCUT2D eigenvalue weighted by atomic mass is 10.1. The molecule has 0 fully saturated rings. The largest absolute Gasteiger partial charge is 0.356 e. The fourth-order valence-corrected chi connectivity index (χ4v) is 2.21. The molecule has 1 aromatic heterocycles.